The molecule has 1 atom stereocenters. The third-order valence-electron chi connectivity index (χ3n) is 3.43. The predicted molar refractivity (Wildman–Crippen MR) is 81.0 cm³/mol. The van der Waals surface area contributed by atoms with E-state index in [4.69, 9.17) is 4.74 Å². The number of hydrogen-bond acceptors (Lipinski definition) is 3. The number of benzene rings is 1. The van der Waals surface area contributed by atoms with Crippen molar-refractivity contribution in [2.24, 2.45) is 0 Å². The average molecular weight is 273 g/mol. The number of methoxy groups -OCH3 is 1. The van der Waals surface area contributed by atoms with Gasteiger partial charge in [0.2, 0.25) is 0 Å². The molecule has 4 nitrogen and oxygen atoms in total. The van der Waals surface area contributed by atoms with E-state index < -0.39 is 0 Å². The van der Waals surface area contributed by atoms with Crippen molar-refractivity contribution in [2.45, 2.75) is 32.9 Å². The summed E-state index contributed by atoms with van der Waals surface area (Å²) >= 11 is 0. The van der Waals surface area contributed by atoms with Crippen LogP contribution in [0.15, 0.2) is 36.7 Å². The van der Waals surface area contributed by atoms with Gasteiger partial charge in [-0.25, -0.2) is 0 Å². The van der Waals surface area contributed by atoms with Crippen molar-refractivity contribution in [2.75, 3.05) is 13.7 Å². The number of rotatable bonds is 7. The van der Waals surface area contributed by atoms with Crippen LogP contribution < -0.4 is 10.1 Å². The molecule has 4 heteroatoms. The van der Waals surface area contributed by atoms with Crippen LogP contribution in [-0.2, 0) is 13.0 Å². The molecule has 0 bridgehead atoms. The third-order valence-corrected chi connectivity index (χ3v) is 3.43. The first-order valence-electron chi connectivity index (χ1n) is 7.15. The van der Waals surface area contributed by atoms with Crippen LogP contribution in [0.5, 0.6) is 5.75 Å². The van der Waals surface area contributed by atoms with E-state index in [0.29, 0.717) is 6.04 Å². The van der Waals surface area contributed by atoms with Gasteiger partial charge in [-0.15, -0.1) is 0 Å². The SMILES string of the molecule is CCNC(Cc1ccc(OC)cc1)c1cnn(CC)c1. The van der Waals surface area contributed by atoms with Crippen molar-refractivity contribution in [3.05, 3.63) is 47.8 Å². The van der Waals surface area contributed by atoms with Crippen molar-refractivity contribution in [3.8, 4) is 5.75 Å². The average Bonchev–Trinajstić information content (AvgIpc) is 2.96. The molecule has 1 heterocycles. The maximum Gasteiger partial charge on any atom is 0.118 e. The van der Waals surface area contributed by atoms with Gasteiger partial charge in [-0.05, 0) is 37.6 Å². The van der Waals surface area contributed by atoms with Crippen molar-refractivity contribution >= 4 is 0 Å². The lowest BCUT2D eigenvalue weighted by molar-refractivity contribution is 0.414. The first kappa shape index (κ1) is 14.6. The lowest BCUT2D eigenvalue weighted by atomic mass is 10.0. The maximum atomic E-state index is 5.20. The van der Waals surface area contributed by atoms with Gasteiger partial charge in [0.25, 0.3) is 0 Å². The van der Waals surface area contributed by atoms with Crippen LogP contribution in [0.2, 0.25) is 0 Å². The van der Waals surface area contributed by atoms with E-state index in [2.05, 4.69) is 42.6 Å². The van der Waals surface area contributed by atoms with Crippen molar-refractivity contribution < 1.29 is 4.74 Å². The molecule has 0 aliphatic rings. The molecule has 0 aliphatic heterocycles. The van der Waals surface area contributed by atoms with Crippen LogP contribution >= 0.6 is 0 Å². The molecule has 0 aliphatic carbocycles. The molecule has 1 aromatic carbocycles. The van der Waals surface area contributed by atoms with Gasteiger partial charge < -0.3 is 10.1 Å². The largest absolute Gasteiger partial charge is 0.497 e. The van der Waals surface area contributed by atoms with Crippen molar-refractivity contribution in [1.29, 1.82) is 0 Å². The van der Waals surface area contributed by atoms with Crippen molar-refractivity contribution in [3.63, 3.8) is 0 Å². The van der Waals surface area contributed by atoms with Gasteiger partial charge in [0.15, 0.2) is 0 Å². The van der Waals surface area contributed by atoms with E-state index in [1.54, 1.807) is 7.11 Å². The van der Waals surface area contributed by atoms with Crippen LogP contribution in [0.3, 0.4) is 0 Å². The number of ether oxygens (including phenoxy) is 1. The molecule has 1 unspecified atom stereocenters. The van der Waals surface area contributed by atoms with Crippen LogP contribution in [-0.4, -0.2) is 23.4 Å². The minimum absolute atomic E-state index is 0.300. The second-order valence-corrected chi connectivity index (χ2v) is 4.79. The van der Waals surface area contributed by atoms with Gasteiger partial charge >= 0.3 is 0 Å². The Morgan fingerprint density at radius 1 is 1.25 bits per heavy atom. The van der Waals surface area contributed by atoms with Crippen molar-refractivity contribution in [1.82, 2.24) is 15.1 Å². The Kier molecular flexibility index (Phi) is 5.18. The summed E-state index contributed by atoms with van der Waals surface area (Å²) in [6, 6.07) is 8.55. The number of nitrogens with zero attached hydrogens (tertiary/aromatic N) is 2. The first-order chi connectivity index (χ1) is 9.76. The summed E-state index contributed by atoms with van der Waals surface area (Å²) in [6.45, 7) is 6.08. The Morgan fingerprint density at radius 2 is 2.00 bits per heavy atom. The van der Waals surface area contributed by atoms with Gasteiger partial charge in [0, 0.05) is 24.3 Å². The normalized spacial score (nSPS) is 12.3. The fourth-order valence-corrected chi connectivity index (χ4v) is 2.28. The minimum Gasteiger partial charge on any atom is -0.497 e. The van der Waals surface area contributed by atoms with E-state index in [0.717, 1.165) is 25.3 Å². The smallest absolute Gasteiger partial charge is 0.118 e. The van der Waals surface area contributed by atoms with Crippen LogP contribution in [0.25, 0.3) is 0 Å². The van der Waals surface area contributed by atoms with E-state index in [9.17, 15) is 0 Å². The maximum absolute atomic E-state index is 5.20. The molecule has 1 aromatic heterocycles. The molecule has 0 saturated heterocycles. The number of hydrogen-bond donors (Lipinski definition) is 1. The second-order valence-electron chi connectivity index (χ2n) is 4.79. The Balaban J connectivity index is 2.11. The molecule has 0 radical (unpaired) electrons. The summed E-state index contributed by atoms with van der Waals surface area (Å²) in [6.07, 6.45) is 5.03. The zero-order valence-electron chi connectivity index (χ0n) is 12.5. The molecule has 20 heavy (non-hydrogen) atoms. The molecule has 0 spiro atoms. The predicted octanol–water partition coefficient (Wildman–Crippen LogP) is 2.80. The zero-order chi connectivity index (χ0) is 14.4. The zero-order valence-corrected chi connectivity index (χ0v) is 12.5. The summed E-state index contributed by atoms with van der Waals surface area (Å²) in [4.78, 5) is 0. The summed E-state index contributed by atoms with van der Waals surface area (Å²) in [5.74, 6) is 0.896. The topological polar surface area (TPSA) is 39.1 Å². The lowest BCUT2D eigenvalue weighted by Crippen LogP contribution is -2.22. The minimum atomic E-state index is 0.300. The summed E-state index contributed by atoms with van der Waals surface area (Å²) in [5, 5.41) is 7.89. The molecule has 0 amide bonds. The molecule has 2 aromatic rings. The molecule has 1 N–H and O–H groups in total. The standard InChI is InChI=1S/C16H23N3O/c1-4-17-16(14-11-18-19(5-2)12-14)10-13-6-8-15(20-3)9-7-13/h6-9,11-12,16-17H,4-5,10H2,1-3H3. The van der Waals surface area contributed by atoms with Gasteiger partial charge in [-0.1, -0.05) is 19.1 Å². The van der Waals surface area contributed by atoms with Crippen LogP contribution in [0.1, 0.15) is 31.0 Å². The Bertz CT molecular complexity index is 519. The second kappa shape index (κ2) is 7.10. The Morgan fingerprint density at radius 3 is 2.55 bits per heavy atom. The summed E-state index contributed by atoms with van der Waals surface area (Å²) in [7, 11) is 1.69. The van der Waals surface area contributed by atoms with E-state index >= 15 is 0 Å². The molecule has 108 valence electrons. The molecule has 0 fully saturated rings. The monoisotopic (exact) mass is 273 g/mol. The lowest BCUT2D eigenvalue weighted by Gasteiger charge is -2.16. The van der Waals surface area contributed by atoms with E-state index in [1.165, 1.54) is 11.1 Å². The van der Waals surface area contributed by atoms with Crippen LogP contribution in [0, 0.1) is 0 Å². The van der Waals surface area contributed by atoms with E-state index in [-0.39, 0.29) is 0 Å². The number of aryl methyl sites for hydroxylation is 1. The number of nitrogens with one attached hydrogen (secondary N) is 1. The molecular weight excluding hydrogens is 250 g/mol. The molecule has 0 saturated carbocycles. The first-order valence-corrected chi connectivity index (χ1v) is 7.15. The highest BCUT2D eigenvalue weighted by molar-refractivity contribution is 5.28. The molecular formula is C16H23N3O. The van der Waals surface area contributed by atoms with E-state index in [1.807, 2.05) is 23.0 Å². The summed E-state index contributed by atoms with van der Waals surface area (Å²) in [5.41, 5.74) is 2.53. The fourth-order valence-electron chi connectivity index (χ4n) is 2.28. The quantitative estimate of drug-likeness (QED) is 0.843. The number of aromatic nitrogens is 2. The van der Waals surface area contributed by atoms with Gasteiger partial charge in [0.1, 0.15) is 5.75 Å². The highest BCUT2D eigenvalue weighted by Gasteiger charge is 2.13. The van der Waals surface area contributed by atoms with Gasteiger partial charge in [0.05, 0.1) is 13.3 Å². The fraction of sp³-hybridized carbons (Fsp3) is 0.438. The Hall–Kier alpha value is -1.81. The highest BCUT2D eigenvalue weighted by atomic mass is 16.5. The van der Waals surface area contributed by atoms with Crippen LogP contribution in [0.4, 0.5) is 0 Å². The van der Waals surface area contributed by atoms with Gasteiger partial charge in [-0.3, -0.25) is 4.68 Å². The Labute approximate surface area is 120 Å². The summed E-state index contributed by atoms with van der Waals surface area (Å²) < 4.78 is 7.16. The molecule has 2 rings (SSSR count). The van der Waals surface area contributed by atoms with Gasteiger partial charge in [-0.2, -0.15) is 5.10 Å². The third kappa shape index (κ3) is 3.61. The highest BCUT2D eigenvalue weighted by Crippen LogP contribution is 2.20. The number of likely N-dealkylation sites (N-methyl/N-ethyl adjacent to an activating group) is 1.